The van der Waals surface area contributed by atoms with Crippen molar-refractivity contribution in [3.8, 4) is 22.3 Å². The van der Waals surface area contributed by atoms with Gasteiger partial charge in [-0.3, -0.25) is 0 Å². The average Bonchev–Trinajstić information content (AvgIpc) is 3.86. The molecule has 0 radical (unpaired) electrons. The molecular formula is C59H38N2S. The maximum atomic E-state index is 2.51. The molecule has 0 fully saturated rings. The molecule has 2 nitrogen and oxygen atoms in total. The maximum absolute atomic E-state index is 2.51. The molecule has 0 saturated carbocycles. The second-order valence-corrected chi connectivity index (χ2v) is 17.5. The highest BCUT2D eigenvalue weighted by atomic mass is 32.1. The Hall–Kier alpha value is -7.72. The average molecular weight is 807 g/mol. The zero-order chi connectivity index (χ0) is 40.8. The van der Waals surface area contributed by atoms with Gasteiger partial charge in [0.25, 0.3) is 0 Å². The molecule has 62 heavy (non-hydrogen) atoms. The fraction of sp³-hybridized carbons (Fsp3) is 0.0169. The van der Waals surface area contributed by atoms with Crippen LogP contribution in [0.5, 0.6) is 0 Å². The Labute approximate surface area is 364 Å². The normalized spacial score (nSPS) is 13.0. The van der Waals surface area contributed by atoms with Crippen molar-refractivity contribution in [2.24, 2.45) is 0 Å². The van der Waals surface area contributed by atoms with Crippen molar-refractivity contribution in [1.82, 2.24) is 0 Å². The molecule has 290 valence electrons. The lowest BCUT2D eigenvalue weighted by atomic mass is 9.61. The van der Waals surface area contributed by atoms with E-state index in [0.29, 0.717) is 0 Å². The lowest BCUT2D eigenvalue weighted by Crippen LogP contribution is -2.32. The first-order valence-electron chi connectivity index (χ1n) is 21.3. The molecule has 0 N–H and O–H groups in total. The van der Waals surface area contributed by atoms with Crippen molar-refractivity contribution < 1.29 is 0 Å². The summed E-state index contributed by atoms with van der Waals surface area (Å²) in [6.45, 7) is 0. The second kappa shape index (κ2) is 13.7. The molecule has 2 aliphatic carbocycles. The standard InChI is InChI=1S/C59H38N2S/c1-5-19-40(20-6-1)60(41-21-7-2-8-22-41)44-31-33-46-47-34-32-45(61(42-23-9-3-10-24-42)43-25-11-4-12-26-43)38-53(47)59(52(46)37-44)50-29-16-18-39-17-15-28-49(56(39)50)57-51(59)35-36-55-58(57)48-27-13-14-30-54(48)62-55/h1-38H. The third-order valence-corrected chi connectivity index (χ3v) is 14.3. The Morgan fingerprint density at radius 2 is 0.806 bits per heavy atom. The number of para-hydroxylation sites is 4. The molecule has 0 bridgehead atoms. The van der Waals surface area contributed by atoms with Crippen molar-refractivity contribution >= 4 is 76.4 Å². The minimum absolute atomic E-state index is 0.658. The number of thiophene rings is 1. The van der Waals surface area contributed by atoms with Crippen molar-refractivity contribution in [2.45, 2.75) is 5.41 Å². The molecule has 11 aromatic rings. The van der Waals surface area contributed by atoms with Crippen LogP contribution < -0.4 is 9.80 Å². The van der Waals surface area contributed by atoms with E-state index in [1.807, 2.05) is 11.3 Å². The first kappa shape index (κ1) is 35.1. The van der Waals surface area contributed by atoms with Gasteiger partial charge >= 0.3 is 0 Å². The SMILES string of the molecule is c1ccc(N(c2ccccc2)c2ccc3c(c2)C2(c4cc(N(c5ccccc5)c5ccccc5)ccc4-3)c3ccc4sc5ccccc5c4c3-c3cccc4cccc2c34)cc1. The van der Waals surface area contributed by atoms with Crippen molar-refractivity contribution in [3.05, 3.63) is 253 Å². The summed E-state index contributed by atoms with van der Waals surface area (Å²) in [7, 11) is 0. The van der Waals surface area contributed by atoms with Gasteiger partial charge in [0, 0.05) is 54.3 Å². The summed E-state index contributed by atoms with van der Waals surface area (Å²) < 4.78 is 2.63. The first-order valence-corrected chi connectivity index (χ1v) is 22.2. The van der Waals surface area contributed by atoms with Gasteiger partial charge in [-0.25, -0.2) is 0 Å². The van der Waals surface area contributed by atoms with Gasteiger partial charge in [0.05, 0.1) is 5.41 Å². The van der Waals surface area contributed by atoms with Crippen LogP contribution in [0.1, 0.15) is 22.3 Å². The Bertz CT molecular complexity index is 3310. The van der Waals surface area contributed by atoms with E-state index in [0.717, 1.165) is 34.1 Å². The van der Waals surface area contributed by atoms with E-state index < -0.39 is 5.41 Å². The zero-order valence-electron chi connectivity index (χ0n) is 33.7. The van der Waals surface area contributed by atoms with E-state index in [1.54, 1.807) is 0 Å². The highest BCUT2D eigenvalue weighted by molar-refractivity contribution is 7.26. The number of hydrogen-bond acceptors (Lipinski definition) is 3. The lowest BCUT2D eigenvalue weighted by Gasteiger charge is -2.41. The molecular weight excluding hydrogens is 769 g/mol. The summed E-state index contributed by atoms with van der Waals surface area (Å²) in [6.07, 6.45) is 0. The van der Waals surface area contributed by atoms with Crippen LogP contribution >= 0.6 is 11.3 Å². The van der Waals surface area contributed by atoms with Crippen LogP contribution in [-0.4, -0.2) is 0 Å². The smallest absolute Gasteiger partial charge is 0.0727 e. The largest absolute Gasteiger partial charge is 0.310 e. The van der Waals surface area contributed by atoms with Gasteiger partial charge in [-0.15, -0.1) is 11.3 Å². The van der Waals surface area contributed by atoms with E-state index >= 15 is 0 Å². The van der Waals surface area contributed by atoms with Crippen molar-refractivity contribution in [1.29, 1.82) is 0 Å². The summed E-state index contributed by atoms with van der Waals surface area (Å²) >= 11 is 1.90. The summed E-state index contributed by atoms with van der Waals surface area (Å²) in [5.41, 5.74) is 16.5. The molecule has 0 saturated heterocycles. The van der Waals surface area contributed by atoms with E-state index in [1.165, 1.54) is 75.5 Å². The molecule has 0 amide bonds. The predicted octanol–water partition coefficient (Wildman–Crippen LogP) is 16.5. The third kappa shape index (κ3) is 4.97. The van der Waals surface area contributed by atoms with Crippen LogP contribution in [0.3, 0.4) is 0 Å². The van der Waals surface area contributed by atoms with E-state index in [4.69, 9.17) is 0 Å². The van der Waals surface area contributed by atoms with Crippen LogP contribution in [0.2, 0.25) is 0 Å². The van der Waals surface area contributed by atoms with Crippen molar-refractivity contribution in [3.63, 3.8) is 0 Å². The molecule has 13 rings (SSSR count). The van der Waals surface area contributed by atoms with Gasteiger partial charge in [0.1, 0.15) is 0 Å². The minimum Gasteiger partial charge on any atom is -0.310 e. The Balaban J connectivity index is 1.18. The first-order chi connectivity index (χ1) is 30.8. The Morgan fingerprint density at radius 3 is 1.35 bits per heavy atom. The van der Waals surface area contributed by atoms with Crippen LogP contribution in [0.25, 0.3) is 53.2 Å². The molecule has 0 unspecified atom stereocenters. The summed E-state index contributed by atoms with van der Waals surface area (Å²) in [4.78, 5) is 4.81. The Morgan fingerprint density at radius 1 is 0.306 bits per heavy atom. The summed E-state index contributed by atoms with van der Waals surface area (Å²) in [6, 6.07) is 85.3. The number of benzene rings is 10. The fourth-order valence-electron chi connectivity index (χ4n) is 10.8. The van der Waals surface area contributed by atoms with Crippen LogP contribution in [0.15, 0.2) is 231 Å². The van der Waals surface area contributed by atoms with Crippen LogP contribution in [0, 0.1) is 0 Å². The predicted molar refractivity (Wildman–Crippen MR) is 263 cm³/mol. The topological polar surface area (TPSA) is 6.48 Å². The van der Waals surface area contributed by atoms with E-state index in [9.17, 15) is 0 Å². The Kier molecular flexibility index (Phi) is 7.72. The van der Waals surface area contributed by atoms with Gasteiger partial charge in [-0.05, 0) is 140 Å². The molecule has 10 aromatic carbocycles. The minimum atomic E-state index is -0.658. The second-order valence-electron chi connectivity index (χ2n) is 16.4. The number of rotatable bonds is 6. The quantitative estimate of drug-likeness (QED) is 0.165. The van der Waals surface area contributed by atoms with Crippen LogP contribution in [-0.2, 0) is 5.41 Å². The number of nitrogens with zero attached hydrogens (tertiary/aromatic N) is 2. The van der Waals surface area contributed by atoms with Crippen molar-refractivity contribution in [2.75, 3.05) is 9.80 Å². The molecule has 0 aliphatic heterocycles. The molecule has 2 aliphatic rings. The summed E-state index contributed by atoms with van der Waals surface area (Å²) in [5.74, 6) is 0. The highest BCUT2D eigenvalue weighted by Crippen LogP contribution is 2.64. The van der Waals surface area contributed by atoms with Crippen LogP contribution in [0.4, 0.5) is 34.1 Å². The molecule has 1 spiro atoms. The molecule has 1 heterocycles. The maximum Gasteiger partial charge on any atom is 0.0727 e. The van der Waals surface area contributed by atoms with E-state index in [2.05, 4.69) is 240 Å². The molecule has 1 aromatic heterocycles. The molecule has 3 heteroatoms. The zero-order valence-corrected chi connectivity index (χ0v) is 34.6. The monoisotopic (exact) mass is 806 g/mol. The number of fused-ring (bicyclic) bond motifs is 13. The van der Waals surface area contributed by atoms with Gasteiger partial charge in [0.15, 0.2) is 0 Å². The summed E-state index contributed by atoms with van der Waals surface area (Å²) in [5, 5.41) is 5.24. The number of anilines is 6. The van der Waals surface area contributed by atoms with Gasteiger partial charge < -0.3 is 9.80 Å². The third-order valence-electron chi connectivity index (χ3n) is 13.2. The fourth-order valence-corrected chi connectivity index (χ4v) is 11.9. The van der Waals surface area contributed by atoms with Gasteiger partial charge in [-0.1, -0.05) is 146 Å². The van der Waals surface area contributed by atoms with E-state index in [-0.39, 0.29) is 0 Å². The van der Waals surface area contributed by atoms with Gasteiger partial charge in [-0.2, -0.15) is 0 Å². The number of hydrogen-bond donors (Lipinski definition) is 0. The lowest BCUT2D eigenvalue weighted by molar-refractivity contribution is 0.775. The van der Waals surface area contributed by atoms with Gasteiger partial charge in [0.2, 0.25) is 0 Å². The molecule has 0 atom stereocenters. The highest BCUT2D eigenvalue weighted by Gasteiger charge is 2.51.